The number of methoxy groups -OCH3 is 1. The van der Waals surface area contributed by atoms with Crippen molar-refractivity contribution in [3.63, 3.8) is 0 Å². The molecule has 6 nitrogen and oxygen atoms in total. The third-order valence-electron chi connectivity index (χ3n) is 4.12. The zero-order chi connectivity index (χ0) is 23.3. The Labute approximate surface area is 194 Å². The van der Waals surface area contributed by atoms with Gasteiger partial charge in [0.15, 0.2) is 0 Å². The monoisotopic (exact) mass is 522 g/mol. The van der Waals surface area contributed by atoms with E-state index < -0.39 is 23.2 Å². The molecule has 0 fully saturated rings. The van der Waals surface area contributed by atoms with Gasteiger partial charge in [0.05, 0.1) is 29.7 Å². The number of hydrogen-bond acceptors (Lipinski definition) is 6. The number of hydrogen-bond donors (Lipinski definition) is 1. The number of benzene rings is 1. The summed E-state index contributed by atoms with van der Waals surface area (Å²) in [6.07, 6.45) is -3.28. The van der Waals surface area contributed by atoms with E-state index in [-0.39, 0.29) is 22.3 Å². The van der Waals surface area contributed by atoms with Crippen molar-refractivity contribution in [2.24, 2.45) is 0 Å². The number of amides is 1. The summed E-state index contributed by atoms with van der Waals surface area (Å²) in [5.41, 5.74) is -1.31. The number of ether oxygens (including phenoxy) is 1. The van der Waals surface area contributed by atoms with Crippen molar-refractivity contribution in [3.8, 4) is 23.1 Å². The third kappa shape index (κ3) is 5.77. The second-order valence-corrected chi connectivity index (χ2v) is 8.15. The molecule has 0 unspecified atom stereocenters. The second kappa shape index (κ2) is 10.0. The Balaban J connectivity index is 1.91. The molecule has 1 amide bonds. The lowest BCUT2D eigenvalue weighted by Gasteiger charge is -2.14. The number of pyridine rings is 2. The van der Waals surface area contributed by atoms with Crippen LogP contribution in [0.25, 0.3) is 11.3 Å². The molecule has 1 N–H and O–H groups in total. The molecule has 11 heteroatoms. The van der Waals surface area contributed by atoms with Gasteiger partial charge in [-0.15, -0.1) is 0 Å². The molecule has 32 heavy (non-hydrogen) atoms. The van der Waals surface area contributed by atoms with E-state index in [9.17, 15) is 23.2 Å². The average molecular weight is 523 g/mol. The number of anilines is 1. The molecule has 0 spiro atoms. The van der Waals surface area contributed by atoms with Gasteiger partial charge in [0.2, 0.25) is 5.91 Å². The number of carbonyl (C=O) groups is 1. The first kappa shape index (κ1) is 23.6. The fraction of sp³-hybridized carbons (Fsp3) is 0.143. The molecular formula is C21H14BrF3N4O2S. The van der Waals surface area contributed by atoms with E-state index in [4.69, 9.17) is 4.74 Å². The van der Waals surface area contributed by atoms with Crippen LogP contribution in [0.1, 0.15) is 11.1 Å². The lowest BCUT2D eigenvalue weighted by Crippen LogP contribution is -2.16. The van der Waals surface area contributed by atoms with E-state index in [2.05, 4.69) is 31.2 Å². The number of thioether (sulfide) groups is 1. The summed E-state index contributed by atoms with van der Waals surface area (Å²) in [6.45, 7) is 0. The Morgan fingerprint density at radius 3 is 2.53 bits per heavy atom. The van der Waals surface area contributed by atoms with Crippen molar-refractivity contribution in [2.75, 3.05) is 18.2 Å². The Kier molecular flexibility index (Phi) is 7.37. The summed E-state index contributed by atoms with van der Waals surface area (Å²) in [7, 11) is 1.47. The van der Waals surface area contributed by atoms with Crippen LogP contribution in [0.3, 0.4) is 0 Å². The minimum absolute atomic E-state index is 0.0245. The highest BCUT2D eigenvalue weighted by Crippen LogP contribution is 2.38. The molecule has 0 saturated heterocycles. The Morgan fingerprint density at radius 1 is 1.25 bits per heavy atom. The first-order valence-corrected chi connectivity index (χ1v) is 10.7. The molecule has 0 saturated carbocycles. The van der Waals surface area contributed by atoms with Crippen LogP contribution in [0.5, 0.6) is 5.75 Å². The van der Waals surface area contributed by atoms with Gasteiger partial charge >= 0.3 is 6.18 Å². The molecule has 2 heterocycles. The van der Waals surface area contributed by atoms with Crippen LogP contribution in [0.4, 0.5) is 19.0 Å². The zero-order valence-electron chi connectivity index (χ0n) is 16.4. The molecule has 0 aliphatic carbocycles. The minimum atomic E-state index is -4.77. The van der Waals surface area contributed by atoms with Crippen LogP contribution in [-0.4, -0.2) is 28.7 Å². The minimum Gasteiger partial charge on any atom is -0.497 e. The van der Waals surface area contributed by atoms with Crippen LogP contribution in [-0.2, 0) is 11.0 Å². The third-order valence-corrected chi connectivity index (χ3v) is 5.57. The van der Waals surface area contributed by atoms with Gasteiger partial charge in [-0.3, -0.25) is 4.79 Å². The quantitative estimate of drug-likeness (QED) is 0.428. The lowest BCUT2D eigenvalue weighted by atomic mass is 10.1. The van der Waals surface area contributed by atoms with Crippen molar-refractivity contribution < 1.29 is 22.7 Å². The highest BCUT2D eigenvalue weighted by molar-refractivity contribution is 9.10. The molecule has 0 radical (unpaired) electrons. The topological polar surface area (TPSA) is 87.9 Å². The number of alkyl halides is 3. The first-order valence-electron chi connectivity index (χ1n) is 8.92. The van der Waals surface area contributed by atoms with Gasteiger partial charge in [0.25, 0.3) is 0 Å². The number of halogens is 4. The van der Waals surface area contributed by atoms with Gasteiger partial charge in [0.1, 0.15) is 22.7 Å². The number of carbonyl (C=O) groups excluding carboxylic acids is 1. The van der Waals surface area contributed by atoms with Gasteiger partial charge in [-0.05, 0) is 58.4 Å². The van der Waals surface area contributed by atoms with Gasteiger partial charge in [0, 0.05) is 16.2 Å². The smallest absolute Gasteiger partial charge is 0.417 e. The van der Waals surface area contributed by atoms with Crippen molar-refractivity contribution in [1.29, 1.82) is 5.26 Å². The maximum Gasteiger partial charge on any atom is 0.417 e. The van der Waals surface area contributed by atoms with Crippen molar-refractivity contribution >= 4 is 39.4 Å². The molecule has 0 aliphatic heterocycles. The van der Waals surface area contributed by atoms with E-state index in [1.807, 2.05) is 0 Å². The zero-order valence-corrected chi connectivity index (χ0v) is 18.8. The molecule has 1 aromatic carbocycles. The number of nitriles is 1. The summed E-state index contributed by atoms with van der Waals surface area (Å²) in [4.78, 5) is 20.5. The maximum absolute atomic E-state index is 13.6. The van der Waals surface area contributed by atoms with E-state index in [1.165, 1.54) is 13.3 Å². The van der Waals surface area contributed by atoms with Crippen LogP contribution in [0, 0.1) is 11.3 Å². The van der Waals surface area contributed by atoms with Gasteiger partial charge in [-0.1, -0.05) is 11.8 Å². The van der Waals surface area contributed by atoms with Crippen LogP contribution >= 0.6 is 27.7 Å². The van der Waals surface area contributed by atoms with Crippen molar-refractivity contribution in [2.45, 2.75) is 11.2 Å². The molecule has 0 bridgehead atoms. The van der Waals surface area contributed by atoms with Crippen LogP contribution in [0.15, 0.2) is 58.2 Å². The number of nitrogens with one attached hydrogen (secondary N) is 1. The highest BCUT2D eigenvalue weighted by Gasteiger charge is 2.36. The molecule has 0 atom stereocenters. The standard InChI is InChI=1S/C21H14BrF3N4O2S/c1-31-14-5-2-12(3-6-14)17-8-16(21(23,24)25)15(9-26)20(28-17)32-11-19(30)29-18-7-4-13(22)10-27-18/h2-8,10H,11H2,1H3,(H,27,29,30). The highest BCUT2D eigenvalue weighted by atomic mass is 79.9. The number of rotatable bonds is 6. The average Bonchev–Trinajstić information content (AvgIpc) is 2.78. The van der Waals surface area contributed by atoms with Crippen molar-refractivity contribution in [1.82, 2.24) is 9.97 Å². The van der Waals surface area contributed by atoms with E-state index >= 15 is 0 Å². The Bertz CT molecular complexity index is 1160. The van der Waals surface area contributed by atoms with Crippen LogP contribution < -0.4 is 10.1 Å². The van der Waals surface area contributed by atoms with Gasteiger partial charge in [-0.25, -0.2) is 9.97 Å². The molecular weight excluding hydrogens is 509 g/mol. The number of nitrogens with zero attached hydrogens (tertiary/aromatic N) is 3. The largest absolute Gasteiger partial charge is 0.497 e. The summed E-state index contributed by atoms with van der Waals surface area (Å²) in [5, 5.41) is 11.7. The van der Waals surface area contributed by atoms with Crippen LogP contribution in [0.2, 0.25) is 0 Å². The van der Waals surface area contributed by atoms with E-state index in [0.717, 1.165) is 22.3 Å². The van der Waals surface area contributed by atoms with E-state index in [1.54, 1.807) is 42.5 Å². The van der Waals surface area contributed by atoms with Gasteiger partial charge < -0.3 is 10.1 Å². The second-order valence-electron chi connectivity index (χ2n) is 6.27. The molecule has 0 aliphatic rings. The first-order chi connectivity index (χ1) is 15.2. The van der Waals surface area contributed by atoms with E-state index in [0.29, 0.717) is 11.3 Å². The molecule has 164 valence electrons. The lowest BCUT2D eigenvalue weighted by molar-refractivity contribution is -0.138. The molecule has 3 aromatic rings. The summed E-state index contributed by atoms with van der Waals surface area (Å²) in [6, 6.07) is 12.0. The normalized spacial score (nSPS) is 11.0. The predicted octanol–water partition coefficient (Wildman–Crippen LogP) is 5.54. The molecule has 3 rings (SSSR count). The summed E-state index contributed by atoms with van der Waals surface area (Å²) >= 11 is 3.97. The Morgan fingerprint density at radius 2 is 1.97 bits per heavy atom. The fourth-order valence-electron chi connectivity index (χ4n) is 2.63. The number of aromatic nitrogens is 2. The van der Waals surface area contributed by atoms with Crippen molar-refractivity contribution in [3.05, 3.63) is 64.3 Å². The summed E-state index contributed by atoms with van der Waals surface area (Å²) in [5.74, 6) is 0.0587. The SMILES string of the molecule is COc1ccc(-c2cc(C(F)(F)F)c(C#N)c(SCC(=O)Nc3ccc(Br)cn3)n2)cc1. The fourth-order valence-corrected chi connectivity index (χ4v) is 3.67. The Hall–Kier alpha value is -3.10. The van der Waals surface area contributed by atoms with Gasteiger partial charge in [-0.2, -0.15) is 18.4 Å². The summed E-state index contributed by atoms with van der Waals surface area (Å²) < 4.78 is 46.7. The maximum atomic E-state index is 13.6. The predicted molar refractivity (Wildman–Crippen MR) is 117 cm³/mol. The molecule has 2 aromatic heterocycles.